The van der Waals surface area contributed by atoms with E-state index >= 15 is 0 Å². The Balaban J connectivity index is 1.56. The topological polar surface area (TPSA) is 65.6 Å². The fraction of sp³-hybridized carbons (Fsp3) is 0.600. The van der Waals surface area contributed by atoms with E-state index < -0.39 is 11.7 Å². The Morgan fingerprint density at radius 2 is 1.78 bits per heavy atom. The minimum Gasteiger partial charge on any atom is -0.444 e. The number of rotatable bonds is 6. The lowest BCUT2D eigenvalue weighted by Crippen LogP contribution is -2.48. The molecule has 1 aromatic rings. The second-order valence-corrected chi connectivity index (χ2v) is 8.27. The Kier molecular flexibility index (Phi) is 8.31. The maximum Gasteiger partial charge on any atom is 0.407 e. The van der Waals surface area contributed by atoms with Crippen LogP contribution in [-0.2, 0) is 11.3 Å². The number of carbonyl (C=O) groups is 1. The van der Waals surface area contributed by atoms with Gasteiger partial charge in [-0.1, -0.05) is 30.3 Å². The molecule has 0 bridgehead atoms. The van der Waals surface area contributed by atoms with Crippen LogP contribution in [0.5, 0.6) is 0 Å². The van der Waals surface area contributed by atoms with Gasteiger partial charge in [0.2, 0.25) is 0 Å². The van der Waals surface area contributed by atoms with Crippen LogP contribution in [0.2, 0.25) is 0 Å². The number of thiocarbonyl (C=S) groups is 1. The molecule has 7 heteroatoms. The third-order valence-corrected chi connectivity index (χ3v) is 4.51. The molecule has 3 N–H and O–H groups in total. The van der Waals surface area contributed by atoms with Crippen molar-refractivity contribution in [2.45, 2.75) is 51.8 Å². The highest BCUT2D eigenvalue weighted by Crippen LogP contribution is 2.13. The number of alkyl carbamates (subject to hydrolysis) is 1. The summed E-state index contributed by atoms with van der Waals surface area (Å²) < 4.78 is 5.19. The Morgan fingerprint density at radius 3 is 2.41 bits per heavy atom. The lowest BCUT2D eigenvalue weighted by molar-refractivity contribution is 0.0529. The van der Waals surface area contributed by atoms with Gasteiger partial charge in [-0.15, -0.1) is 0 Å². The van der Waals surface area contributed by atoms with Crippen molar-refractivity contribution in [1.29, 1.82) is 0 Å². The second kappa shape index (κ2) is 10.5. The van der Waals surface area contributed by atoms with Crippen molar-refractivity contribution in [2.75, 3.05) is 26.2 Å². The molecule has 2 rings (SSSR count). The van der Waals surface area contributed by atoms with E-state index in [1.165, 1.54) is 5.56 Å². The summed E-state index contributed by atoms with van der Waals surface area (Å²) >= 11 is 5.36. The number of hydrogen-bond donors (Lipinski definition) is 3. The smallest absolute Gasteiger partial charge is 0.407 e. The zero-order chi connectivity index (χ0) is 19.7. The summed E-state index contributed by atoms with van der Waals surface area (Å²) in [6.45, 7) is 9.70. The Bertz CT molecular complexity index is 596. The van der Waals surface area contributed by atoms with Crippen LogP contribution in [0.3, 0.4) is 0 Å². The predicted molar refractivity (Wildman–Crippen MR) is 113 cm³/mol. The van der Waals surface area contributed by atoms with Crippen molar-refractivity contribution in [3.8, 4) is 0 Å². The molecule has 0 saturated carbocycles. The van der Waals surface area contributed by atoms with Crippen LogP contribution in [0.4, 0.5) is 4.79 Å². The van der Waals surface area contributed by atoms with Gasteiger partial charge in [0.25, 0.3) is 0 Å². The van der Waals surface area contributed by atoms with Gasteiger partial charge in [-0.2, -0.15) is 0 Å². The fourth-order valence-corrected chi connectivity index (χ4v) is 3.24. The molecule has 0 radical (unpaired) electrons. The van der Waals surface area contributed by atoms with E-state index in [1.54, 1.807) is 0 Å². The molecular weight excluding hydrogens is 360 g/mol. The Hall–Kier alpha value is -1.86. The first-order valence-corrected chi connectivity index (χ1v) is 10.00. The molecule has 0 unspecified atom stereocenters. The molecule has 1 amide bonds. The van der Waals surface area contributed by atoms with Crippen molar-refractivity contribution in [2.24, 2.45) is 0 Å². The largest absolute Gasteiger partial charge is 0.444 e. The summed E-state index contributed by atoms with van der Waals surface area (Å²) in [5.41, 5.74) is 0.877. The summed E-state index contributed by atoms with van der Waals surface area (Å²) in [4.78, 5) is 14.0. The maximum atomic E-state index is 11.6. The standard InChI is InChI=1S/C20H32N4O2S/c1-20(2,3)26-19(25)22-12-11-21-18(27)23-17-9-13-24(14-10-17)15-16-7-5-4-6-8-16/h4-8,17H,9-15H2,1-3H3,(H,22,25)(H2,21,23,27). The Morgan fingerprint density at radius 1 is 1.15 bits per heavy atom. The quantitative estimate of drug-likeness (QED) is 0.511. The average Bonchev–Trinajstić information content (AvgIpc) is 2.60. The van der Waals surface area contributed by atoms with Gasteiger partial charge in [0.15, 0.2) is 5.11 Å². The predicted octanol–water partition coefficient (Wildman–Crippen LogP) is 2.64. The van der Waals surface area contributed by atoms with Crippen molar-refractivity contribution < 1.29 is 9.53 Å². The van der Waals surface area contributed by atoms with Crippen LogP contribution in [0.25, 0.3) is 0 Å². The number of piperidine rings is 1. The molecule has 1 aliphatic heterocycles. The minimum atomic E-state index is -0.482. The number of benzene rings is 1. The van der Waals surface area contributed by atoms with Crippen molar-refractivity contribution in [3.05, 3.63) is 35.9 Å². The van der Waals surface area contributed by atoms with Crippen LogP contribution in [0.1, 0.15) is 39.2 Å². The number of likely N-dealkylation sites (tertiary alicyclic amines) is 1. The van der Waals surface area contributed by atoms with E-state index in [9.17, 15) is 4.79 Å². The summed E-state index contributed by atoms with van der Waals surface area (Å²) in [5.74, 6) is 0. The van der Waals surface area contributed by atoms with E-state index in [0.717, 1.165) is 32.5 Å². The van der Waals surface area contributed by atoms with Crippen molar-refractivity contribution in [3.63, 3.8) is 0 Å². The van der Waals surface area contributed by atoms with Crippen LogP contribution < -0.4 is 16.0 Å². The molecule has 1 aliphatic rings. The summed E-state index contributed by atoms with van der Waals surface area (Å²) in [6.07, 6.45) is 1.74. The summed E-state index contributed by atoms with van der Waals surface area (Å²) in [5, 5.41) is 9.87. The van der Waals surface area contributed by atoms with Crippen molar-refractivity contribution >= 4 is 23.4 Å². The lowest BCUT2D eigenvalue weighted by atomic mass is 10.0. The number of ether oxygens (including phenoxy) is 1. The van der Waals surface area contributed by atoms with Gasteiger partial charge in [-0.3, -0.25) is 4.90 Å². The second-order valence-electron chi connectivity index (χ2n) is 7.86. The molecule has 0 aromatic heterocycles. The first-order valence-electron chi connectivity index (χ1n) is 9.59. The SMILES string of the molecule is CC(C)(C)OC(=O)NCCNC(=S)NC1CCN(Cc2ccccc2)CC1. The number of hydrogen-bond acceptors (Lipinski definition) is 4. The normalized spacial score (nSPS) is 15.8. The van der Waals surface area contributed by atoms with Crippen LogP contribution in [-0.4, -0.2) is 53.9 Å². The molecule has 1 fully saturated rings. The van der Waals surface area contributed by atoms with Gasteiger partial charge < -0.3 is 20.7 Å². The highest BCUT2D eigenvalue weighted by molar-refractivity contribution is 7.80. The number of nitrogens with one attached hydrogen (secondary N) is 3. The molecular formula is C20H32N4O2S. The third-order valence-electron chi connectivity index (χ3n) is 4.25. The summed E-state index contributed by atoms with van der Waals surface area (Å²) in [7, 11) is 0. The molecule has 1 heterocycles. The average molecular weight is 393 g/mol. The number of carbonyl (C=O) groups excluding carboxylic acids is 1. The first kappa shape index (κ1) is 21.4. The van der Waals surface area contributed by atoms with Gasteiger partial charge in [0.05, 0.1) is 0 Å². The molecule has 0 atom stereocenters. The maximum absolute atomic E-state index is 11.6. The zero-order valence-corrected chi connectivity index (χ0v) is 17.4. The molecule has 6 nitrogen and oxygen atoms in total. The van der Waals surface area contributed by atoms with Crippen molar-refractivity contribution in [1.82, 2.24) is 20.9 Å². The molecule has 0 aliphatic carbocycles. The van der Waals surface area contributed by atoms with E-state index in [0.29, 0.717) is 24.2 Å². The van der Waals surface area contributed by atoms with Gasteiger partial charge >= 0.3 is 6.09 Å². The first-order chi connectivity index (χ1) is 12.8. The van der Waals surface area contributed by atoms with Gasteiger partial charge in [-0.05, 0) is 51.4 Å². The van der Waals surface area contributed by atoms with Crippen LogP contribution in [0, 0.1) is 0 Å². The number of nitrogens with zero attached hydrogens (tertiary/aromatic N) is 1. The van der Waals surface area contributed by atoms with E-state index in [2.05, 4.69) is 51.2 Å². The molecule has 1 saturated heterocycles. The highest BCUT2D eigenvalue weighted by atomic mass is 32.1. The summed E-state index contributed by atoms with van der Waals surface area (Å²) in [6, 6.07) is 11.0. The van der Waals surface area contributed by atoms with Gasteiger partial charge in [-0.25, -0.2) is 4.79 Å². The third kappa shape index (κ3) is 9.06. The van der Waals surface area contributed by atoms with Gasteiger partial charge in [0.1, 0.15) is 5.60 Å². The molecule has 27 heavy (non-hydrogen) atoms. The van der Waals surface area contributed by atoms with Crippen LogP contribution >= 0.6 is 12.2 Å². The number of amides is 1. The van der Waals surface area contributed by atoms with Crippen LogP contribution in [0.15, 0.2) is 30.3 Å². The van der Waals surface area contributed by atoms with Gasteiger partial charge in [0, 0.05) is 38.8 Å². The highest BCUT2D eigenvalue weighted by Gasteiger charge is 2.20. The minimum absolute atomic E-state index is 0.399. The van der Waals surface area contributed by atoms with E-state index in [4.69, 9.17) is 17.0 Å². The Labute approximate surface area is 168 Å². The zero-order valence-electron chi connectivity index (χ0n) is 16.6. The lowest BCUT2D eigenvalue weighted by Gasteiger charge is -2.33. The molecule has 150 valence electrons. The molecule has 1 aromatic carbocycles. The fourth-order valence-electron chi connectivity index (χ4n) is 2.97. The van der Waals surface area contributed by atoms with E-state index in [-0.39, 0.29) is 0 Å². The van der Waals surface area contributed by atoms with E-state index in [1.807, 2.05) is 20.8 Å². The molecule has 0 spiro atoms. The monoisotopic (exact) mass is 392 g/mol.